The summed E-state index contributed by atoms with van der Waals surface area (Å²) in [5.41, 5.74) is 13.9. The van der Waals surface area contributed by atoms with Gasteiger partial charge in [0, 0.05) is 38.7 Å². The van der Waals surface area contributed by atoms with Gasteiger partial charge in [-0.3, -0.25) is 0 Å². The molecule has 0 saturated heterocycles. The van der Waals surface area contributed by atoms with E-state index < -0.39 is 0 Å². The number of para-hydroxylation sites is 1. The molecule has 10 aromatic rings. The van der Waals surface area contributed by atoms with E-state index in [1.54, 1.807) is 0 Å². The first kappa shape index (κ1) is 29.5. The summed E-state index contributed by atoms with van der Waals surface area (Å²) in [6, 6.07) is 64.6. The molecule has 0 aliphatic heterocycles. The highest BCUT2D eigenvalue weighted by molar-refractivity contribution is 6.23. The lowest BCUT2D eigenvalue weighted by Crippen LogP contribution is -2.00. The van der Waals surface area contributed by atoms with Gasteiger partial charge in [0.2, 0.25) is 0 Å². The van der Waals surface area contributed by atoms with E-state index in [0.29, 0.717) is 17.5 Å². The summed E-state index contributed by atoms with van der Waals surface area (Å²) in [6.07, 6.45) is 0. The molecule has 8 aromatic carbocycles. The number of hydrogen-bond donors (Lipinski definition) is 0. The van der Waals surface area contributed by atoms with Crippen molar-refractivity contribution in [3.8, 4) is 73.2 Å². The van der Waals surface area contributed by atoms with Crippen molar-refractivity contribution >= 4 is 32.6 Å². The van der Waals surface area contributed by atoms with Crippen LogP contribution in [0.3, 0.4) is 0 Å². The zero-order chi connectivity index (χ0) is 34.9. The lowest BCUT2D eigenvalue weighted by atomic mass is 9.90. The van der Waals surface area contributed by atoms with Gasteiger partial charge in [-0.1, -0.05) is 146 Å². The van der Waals surface area contributed by atoms with E-state index in [1.165, 1.54) is 66.0 Å². The molecule has 0 spiro atoms. The van der Waals surface area contributed by atoms with Gasteiger partial charge >= 0.3 is 0 Å². The van der Waals surface area contributed by atoms with Crippen LogP contribution in [0.25, 0.3) is 106 Å². The minimum Gasteiger partial charge on any atom is -0.309 e. The van der Waals surface area contributed by atoms with E-state index in [-0.39, 0.29) is 0 Å². The van der Waals surface area contributed by atoms with Gasteiger partial charge in [-0.15, -0.1) is 0 Å². The Bertz CT molecular complexity index is 2970. The van der Waals surface area contributed by atoms with Gasteiger partial charge in [-0.05, 0) is 75.0 Å². The molecule has 0 atom stereocenters. The molecule has 0 fully saturated rings. The van der Waals surface area contributed by atoms with Crippen LogP contribution >= 0.6 is 0 Å². The summed E-state index contributed by atoms with van der Waals surface area (Å²) >= 11 is 0. The summed E-state index contributed by atoms with van der Waals surface area (Å²) in [6.45, 7) is 0. The molecule has 11 rings (SSSR count). The third kappa shape index (κ3) is 4.59. The Morgan fingerprint density at radius 3 is 1.51 bits per heavy atom. The molecule has 2 aromatic heterocycles. The second-order valence-electron chi connectivity index (χ2n) is 13.6. The van der Waals surface area contributed by atoms with Crippen LogP contribution in [0.4, 0.5) is 0 Å². The van der Waals surface area contributed by atoms with Crippen LogP contribution in [-0.2, 0) is 0 Å². The van der Waals surface area contributed by atoms with Gasteiger partial charge in [0.15, 0.2) is 17.5 Å². The molecule has 1 aliphatic rings. The van der Waals surface area contributed by atoms with Crippen molar-refractivity contribution in [2.75, 3.05) is 0 Å². The van der Waals surface area contributed by atoms with E-state index in [0.717, 1.165) is 22.4 Å². The first-order valence-corrected chi connectivity index (χ1v) is 18.0. The standard InChI is InChI=1S/C49H30N4/c1-3-13-32(14-4-1)47-50-48(33-15-5-2-6-16-33)52-49(51-47)34-25-27-35(28-26-34)53-42-24-10-9-21-41(42)46-43(53)30-29-40-39-23-12-18-31-17-11-22-37(44(31)39)36-19-7-8-20-38(36)45(40)46/h1-30H. The zero-order valence-electron chi connectivity index (χ0n) is 28.6. The lowest BCUT2D eigenvalue weighted by Gasteiger charge is -2.14. The highest BCUT2D eigenvalue weighted by Gasteiger charge is 2.26. The summed E-state index contributed by atoms with van der Waals surface area (Å²) < 4.78 is 2.40. The maximum absolute atomic E-state index is 4.97. The minimum absolute atomic E-state index is 0.641. The molecule has 0 saturated carbocycles. The van der Waals surface area contributed by atoms with Gasteiger partial charge in [0.1, 0.15) is 0 Å². The predicted molar refractivity (Wildman–Crippen MR) is 218 cm³/mol. The smallest absolute Gasteiger partial charge is 0.164 e. The average molecular weight is 675 g/mol. The van der Waals surface area contributed by atoms with Crippen LogP contribution in [0, 0.1) is 0 Å². The predicted octanol–water partition coefficient (Wildman–Crippen LogP) is 12.4. The molecule has 1 aliphatic carbocycles. The fourth-order valence-electron chi connectivity index (χ4n) is 8.27. The largest absolute Gasteiger partial charge is 0.309 e. The van der Waals surface area contributed by atoms with Gasteiger partial charge in [-0.2, -0.15) is 0 Å². The van der Waals surface area contributed by atoms with E-state index >= 15 is 0 Å². The SMILES string of the molecule is c1ccc(-c2nc(-c3ccccc3)nc(-c3ccc(-n4c5ccccc5c5c6c(ccc54)-c4cccc5cccc(c45)-c4ccccc4-6)cc3)n2)cc1. The fraction of sp³-hybridized carbons (Fsp3) is 0. The van der Waals surface area contributed by atoms with Crippen molar-refractivity contribution < 1.29 is 0 Å². The maximum Gasteiger partial charge on any atom is 0.164 e. The molecule has 53 heavy (non-hydrogen) atoms. The Hall–Kier alpha value is -7.17. The number of hydrogen-bond acceptors (Lipinski definition) is 3. The summed E-state index contributed by atoms with van der Waals surface area (Å²) in [5.74, 6) is 1.95. The molecule has 0 N–H and O–H groups in total. The minimum atomic E-state index is 0.641. The van der Waals surface area contributed by atoms with Gasteiger partial charge in [0.05, 0.1) is 11.0 Å². The topological polar surface area (TPSA) is 43.6 Å². The van der Waals surface area contributed by atoms with E-state index in [1.807, 2.05) is 60.7 Å². The molecule has 0 amide bonds. The zero-order valence-corrected chi connectivity index (χ0v) is 28.6. The fourth-order valence-corrected chi connectivity index (χ4v) is 8.27. The molecule has 0 unspecified atom stereocenters. The number of benzene rings is 8. The number of fused-ring (bicyclic) bond motifs is 9. The Morgan fingerprint density at radius 2 is 0.849 bits per heavy atom. The first-order chi connectivity index (χ1) is 26.3. The van der Waals surface area contributed by atoms with Crippen molar-refractivity contribution in [2.45, 2.75) is 0 Å². The van der Waals surface area contributed by atoms with Crippen molar-refractivity contribution in [1.29, 1.82) is 0 Å². The molecular weight excluding hydrogens is 645 g/mol. The molecule has 0 radical (unpaired) electrons. The Morgan fingerprint density at radius 1 is 0.321 bits per heavy atom. The average Bonchev–Trinajstić information content (AvgIpc) is 3.52. The normalized spacial score (nSPS) is 11.8. The molecule has 4 nitrogen and oxygen atoms in total. The van der Waals surface area contributed by atoms with Gasteiger partial charge in [-0.25, -0.2) is 15.0 Å². The molecule has 246 valence electrons. The number of aromatic nitrogens is 4. The van der Waals surface area contributed by atoms with Crippen LogP contribution in [-0.4, -0.2) is 19.5 Å². The molecular formula is C49H30N4. The third-order valence-electron chi connectivity index (χ3n) is 10.6. The van der Waals surface area contributed by atoms with Crippen molar-refractivity contribution in [3.05, 3.63) is 182 Å². The van der Waals surface area contributed by atoms with Crippen LogP contribution in [0.2, 0.25) is 0 Å². The number of rotatable bonds is 4. The maximum atomic E-state index is 4.97. The number of nitrogens with zero attached hydrogens (tertiary/aromatic N) is 4. The van der Waals surface area contributed by atoms with Gasteiger partial charge < -0.3 is 4.57 Å². The van der Waals surface area contributed by atoms with E-state index in [9.17, 15) is 0 Å². The van der Waals surface area contributed by atoms with Crippen molar-refractivity contribution in [2.24, 2.45) is 0 Å². The second-order valence-corrected chi connectivity index (χ2v) is 13.6. The Balaban J connectivity index is 1.12. The molecule has 4 heteroatoms. The van der Waals surface area contributed by atoms with Crippen LogP contribution < -0.4 is 0 Å². The second kappa shape index (κ2) is 11.7. The van der Waals surface area contributed by atoms with Gasteiger partial charge in [0.25, 0.3) is 0 Å². The highest BCUT2D eigenvalue weighted by atomic mass is 15.0. The highest BCUT2D eigenvalue weighted by Crippen LogP contribution is 2.51. The summed E-state index contributed by atoms with van der Waals surface area (Å²) in [5, 5.41) is 5.06. The van der Waals surface area contributed by atoms with E-state index in [4.69, 9.17) is 15.0 Å². The van der Waals surface area contributed by atoms with Crippen LogP contribution in [0.5, 0.6) is 0 Å². The van der Waals surface area contributed by atoms with E-state index in [2.05, 4.69) is 126 Å². The quantitative estimate of drug-likeness (QED) is 0.187. The van der Waals surface area contributed by atoms with Crippen molar-refractivity contribution in [1.82, 2.24) is 19.5 Å². The summed E-state index contributed by atoms with van der Waals surface area (Å²) in [4.78, 5) is 14.8. The van der Waals surface area contributed by atoms with Crippen LogP contribution in [0.15, 0.2) is 182 Å². The van der Waals surface area contributed by atoms with Crippen molar-refractivity contribution in [3.63, 3.8) is 0 Å². The van der Waals surface area contributed by atoms with Crippen LogP contribution in [0.1, 0.15) is 0 Å². The monoisotopic (exact) mass is 674 g/mol. The third-order valence-corrected chi connectivity index (χ3v) is 10.6. The molecule has 2 heterocycles. The first-order valence-electron chi connectivity index (χ1n) is 18.0. The Kier molecular flexibility index (Phi) is 6.52. The summed E-state index contributed by atoms with van der Waals surface area (Å²) in [7, 11) is 0. The lowest BCUT2D eigenvalue weighted by molar-refractivity contribution is 1.07. The Labute approximate surface area is 306 Å². The molecule has 0 bridgehead atoms.